The van der Waals surface area contributed by atoms with Crippen molar-refractivity contribution in [1.29, 1.82) is 0 Å². The second-order valence-corrected chi connectivity index (χ2v) is 5.90. The number of nitrogens with zero attached hydrogens (tertiary/aromatic N) is 1. The summed E-state index contributed by atoms with van der Waals surface area (Å²) >= 11 is 0. The van der Waals surface area contributed by atoms with Crippen molar-refractivity contribution in [2.24, 2.45) is 0 Å². The van der Waals surface area contributed by atoms with Gasteiger partial charge in [0.05, 0.1) is 19.9 Å². The molecule has 1 aliphatic heterocycles. The summed E-state index contributed by atoms with van der Waals surface area (Å²) in [5.41, 5.74) is 1.89. The Bertz CT molecular complexity index is 850. The highest BCUT2D eigenvalue weighted by Gasteiger charge is 2.19. The number of ether oxygens (including phenoxy) is 3. The van der Waals surface area contributed by atoms with Crippen LogP contribution in [0.4, 0.5) is 5.69 Å². The Morgan fingerprint density at radius 3 is 2.65 bits per heavy atom. The first-order chi connectivity index (χ1) is 12.5. The van der Waals surface area contributed by atoms with Crippen LogP contribution >= 0.6 is 0 Å². The number of hydrogen-bond donors (Lipinski definition) is 1. The van der Waals surface area contributed by atoms with E-state index >= 15 is 0 Å². The molecule has 0 saturated carbocycles. The quantitative estimate of drug-likeness (QED) is 0.890. The minimum absolute atomic E-state index is 0.0144. The number of anilines is 1. The predicted molar refractivity (Wildman–Crippen MR) is 95.9 cm³/mol. The predicted octanol–water partition coefficient (Wildman–Crippen LogP) is 2.31. The van der Waals surface area contributed by atoms with E-state index in [-0.39, 0.29) is 18.4 Å². The van der Waals surface area contributed by atoms with Crippen LogP contribution in [-0.4, -0.2) is 44.6 Å². The summed E-state index contributed by atoms with van der Waals surface area (Å²) in [5, 5.41) is 2.71. The van der Waals surface area contributed by atoms with Gasteiger partial charge in [0.15, 0.2) is 18.1 Å². The maximum absolute atomic E-state index is 12.7. The Morgan fingerprint density at radius 2 is 1.92 bits per heavy atom. The van der Waals surface area contributed by atoms with Gasteiger partial charge in [0.25, 0.3) is 11.8 Å². The molecule has 0 spiro atoms. The van der Waals surface area contributed by atoms with Crippen molar-refractivity contribution in [3.63, 3.8) is 0 Å². The summed E-state index contributed by atoms with van der Waals surface area (Å²) in [4.78, 5) is 25.7. The van der Waals surface area contributed by atoms with Gasteiger partial charge in [0, 0.05) is 19.2 Å². The zero-order chi connectivity index (χ0) is 18.7. The third-order valence-electron chi connectivity index (χ3n) is 4.07. The Kier molecular flexibility index (Phi) is 4.97. The maximum atomic E-state index is 12.7. The normalized spacial score (nSPS) is 12.5. The molecule has 0 aliphatic carbocycles. The van der Waals surface area contributed by atoms with Crippen molar-refractivity contribution < 1.29 is 23.8 Å². The molecule has 0 fully saturated rings. The van der Waals surface area contributed by atoms with E-state index in [1.54, 1.807) is 50.4 Å². The fourth-order valence-electron chi connectivity index (χ4n) is 2.76. The Balaban J connectivity index is 1.76. The van der Waals surface area contributed by atoms with E-state index in [0.717, 1.165) is 5.56 Å². The van der Waals surface area contributed by atoms with Gasteiger partial charge in [-0.2, -0.15) is 0 Å². The molecular weight excluding hydrogens is 336 g/mol. The molecule has 26 heavy (non-hydrogen) atoms. The van der Waals surface area contributed by atoms with E-state index in [2.05, 4.69) is 5.32 Å². The first kappa shape index (κ1) is 17.6. The van der Waals surface area contributed by atoms with Crippen LogP contribution in [0.15, 0.2) is 36.4 Å². The van der Waals surface area contributed by atoms with Gasteiger partial charge in [-0.05, 0) is 35.9 Å². The van der Waals surface area contributed by atoms with E-state index in [0.29, 0.717) is 35.0 Å². The lowest BCUT2D eigenvalue weighted by molar-refractivity contribution is -0.118. The molecule has 0 bridgehead atoms. The zero-order valence-electron chi connectivity index (χ0n) is 14.9. The van der Waals surface area contributed by atoms with Crippen LogP contribution < -0.4 is 19.5 Å². The minimum atomic E-state index is -0.235. The first-order valence-electron chi connectivity index (χ1n) is 8.05. The summed E-state index contributed by atoms with van der Waals surface area (Å²) in [7, 11) is 4.86. The molecule has 1 aliphatic rings. The summed E-state index contributed by atoms with van der Waals surface area (Å²) in [6.07, 6.45) is 0. The van der Waals surface area contributed by atoms with Gasteiger partial charge in [0.2, 0.25) is 0 Å². The first-order valence-corrected chi connectivity index (χ1v) is 8.05. The third kappa shape index (κ3) is 3.56. The molecule has 136 valence electrons. The van der Waals surface area contributed by atoms with Crippen molar-refractivity contribution in [2.75, 3.05) is 33.2 Å². The van der Waals surface area contributed by atoms with Crippen LogP contribution in [0.25, 0.3) is 0 Å². The highest BCUT2D eigenvalue weighted by molar-refractivity contribution is 5.99. The summed E-state index contributed by atoms with van der Waals surface area (Å²) in [5.74, 6) is 1.40. The SMILES string of the molecule is COc1ccc(CN(C)C(=O)c2ccc3c(c2)NC(=O)CO3)cc1OC. The lowest BCUT2D eigenvalue weighted by Crippen LogP contribution is -2.28. The van der Waals surface area contributed by atoms with E-state index in [1.807, 2.05) is 12.1 Å². The van der Waals surface area contributed by atoms with Crippen molar-refractivity contribution >= 4 is 17.5 Å². The fourth-order valence-corrected chi connectivity index (χ4v) is 2.76. The molecule has 0 atom stereocenters. The largest absolute Gasteiger partial charge is 0.493 e. The topological polar surface area (TPSA) is 77.1 Å². The van der Waals surface area contributed by atoms with Crippen molar-refractivity contribution in [3.05, 3.63) is 47.5 Å². The lowest BCUT2D eigenvalue weighted by Gasteiger charge is -2.21. The van der Waals surface area contributed by atoms with Gasteiger partial charge in [-0.25, -0.2) is 0 Å². The van der Waals surface area contributed by atoms with E-state index < -0.39 is 0 Å². The van der Waals surface area contributed by atoms with Crippen LogP contribution in [0.3, 0.4) is 0 Å². The zero-order valence-corrected chi connectivity index (χ0v) is 14.9. The average Bonchev–Trinajstić information content (AvgIpc) is 2.66. The van der Waals surface area contributed by atoms with Gasteiger partial charge in [-0.15, -0.1) is 0 Å². The summed E-state index contributed by atoms with van der Waals surface area (Å²) < 4.78 is 15.8. The number of amides is 2. The number of nitrogens with one attached hydrogen (secondary N) is 1. The number of carbonyl (C=O) groups is 2. The van der Waals surface area contributed by atoms with Crippen molar-refractivity contribution in [1.82, 2.24) is 4.90 Å². The van der Waals surface area contributed by atoms with Gasteiger partial charge < -0.3 is 24.4 Å². The minimum Gasteiger partial charge on any atom is -0.493 e. The van der Waals surface area contributed by atoms with E-state index in [1.165, 1.54) is 0 Å². The van der Waals surface area contributed by atoms with Crippen LogP contribution in [0.5, 0.6) is 17.2 Å². The highest BCUT2D eigenvalue weighted by atomic mass is 16.5. The molecular formula is C19H20N2O5. The molecule has 0 aromatic heterocycles. The molecule has 2 aromatic carbocycles. The van der Waals surface area contributed by atoms with Gasteiger partial charge >= 0.3 is 0 Å². The van der Waals surface area contributed by atoms with Gasteiger partial charge in [-0.3, -0.25) is 9.59 Å². The Labute approximate surface area is 151 Å². The van der Waals surface area contributed by atoms with Crippen LogP contribution in [-0.2, 0) is 11.3 Å². The second kappa shape index (κ2) is 7.35. The number of benzene rings is 2. The Morgan fingerprint density at radius 1 is 1.15 bits per heavy atom. The average molecular weight is 356 g/mol. The van der Waals surface area contributed by atoms with Gasteiger partial charge in [-0.1, -0.05) is 6.07 Å². The molecule has 0 unspecified atom stereocenters. The van der Waals surface area contributed by atoms with Crippen LogP contribution in [0.2, 0.25) is 0 Å². The Hall–Kier alpha value is -3.22. The lowest BCUT2D eigenvalue weighted by atomic mass is 10.1. The molecule has 0 radical (unpaired) electrons. The summed E-state index contributed by atoms with van der Waals surface area (Å²) in [6, 6.07) is 10.5. The van der Waals surface area contributed by atoms with Crippen molar-refractivity contribution in [3.8, 4) is 17.2 Å². The number of methoxy groups -OCH3 is 2. The molecule has 2 aromatic rings. The second-order valence-electron chi connectivity index (χ2n) is 5.90. The molecule has 3 rings (SSSR count). The molecule has 1 N–H and O–H groups in total. The van der Waals surface area contributed by atoms with Crippen LogP contribution in [0, 0.1) is 0 Å². The molecule has 7 nitrogen and oxygen atoms in total. The number of fused-ring (bicyclic) bond motifs is 1. The van der Waals surface area contributed by atoms with Crippen molar-refractivity contribution in [2.45, 2.75) is 6.54 Å². The summed E-state index contributed by atoms with van der Waals surface area (Å²) in [6.45, 7) is 0.388. The standard InChI is InChI=1S/C19H20N2O5/c1-21(10-12-4-6-16(24-2)17(8-12)25-3)19(23)13-5-7-15-14(9-13)20-18(22)11-26-15/h4-9H,10-11H2,1-3H3,(H,20,22). The number of carbonyl (C=O) groups excluding carboxylic acids is 2. The molecule has 1 heterocycles. The maximum Gasteiger partial charge on any atom is 0.262 e. The van der Waals surface area contributed by atoms with Crippen LogP contribution in [0.1, 0.15) is 15.9 Å². The van der Waals surface area contributed by atoms with Gasteiger partial charge in [0.1, 0.15) is 5.75 Å². The molecule has 7 heteroatoms. The van der Waals surface area contributed by atoms with E-state index in [4.69, 9.17) is 14.2 Å². The number of hydrogen-bond acceptors (Lipinski definition) is 5. The third-order valence-corrected chi connectivity index (χ3v) is 4.07. The smallest absolute Gasteiger partial charge is 0.262 e. The molecule has 0 saturated heterocycles. The number of rotatable bonds is 5. The van der Waals surface area contributed by atoms with E-state index in [9.17, 15) is 9.59 Å². The fraction of sp³-hybridized carbons (Fsp3) is 0.263. The molecule has 2 amide bonds. The highest BCUT2D eigenvalue weighted by Crippen LogP contribution is 2.30. The monoisotopic (exact) mass is 356 g/mol.